The van der Waals surface area contributed by atoms with Crippen LogP contribution in [0.5, 0.6) is 0 Å². The SMILES string of the molecule is [2H]C([2H])(C=C)N=NC. The first kappa shape index (κ1) is 2.50. The average Bonchev–Trinajstić information content (AvgIpc) is 1.67. The average molecular weight is 86.1 g/mol. The molecular formula is C4H8N2. The van der Waals surface area contributed by atoms with Gasteiger partial charge in [0, 0.05) is 7.05 Å². The van der Waals surface area contributed by atoms with Crippen LogP contribution in [0, 0.1) is 0 Å². The summed E-state index contributed by atoms with van der Waals surface area (Å²) in [6.07, 6.45) is 1.10. The van der Waals surface area contributed by atoms with Crippen LogP contribution in [0.1, 0.15) is 2.74 Å². The fraction of sp³-hybridized carbons (Fsp3) is 0.500. The Balaban J connectivity index is 3.90. The molecule has 0 bridgehead atoms. The lowest BCUT2D eigenvalue weighted by Gasteiger charge is -1.70. The molecule has 2 heteroatoms. The second-order valence-corrected chi connectivity index (χ2v) is 0.633. The van der Waals surface area contributed by atoms with Crippen LogP contribution in [0.2, 0.25) is 0 Å². The van der Waals surface area contributed by atoms with Crippen LogP contribution < -0.4 is 0 Å². The van der Waals surface area contributed by atoms with E-state index in [1.165, 1.54) is 7.05 Å². The van der Waals surface area contributed by atoms with Gasteiger partial charge in [0.2, 0.25) is 0 Å². The Labute approximate surface area is 40.4 Å². The molecule has 0 rings (SSSR count). The first-order chi connectivity index (χ1) is 3.62. The van der Waals surface area contributed by atoms with Crippen LogP contribution >= 0.6 is 0 Å². The molecule has 0 saturated heterocycles. The highest BCUT2D eigenvalue weighted by molar-refractivity contribution is 4.67. The normalized spacial score (nSPS) is 16.8. The minimum Gasteiger partial charge on any atom is -0.197 e. The van der Waals surface area contributed by atoms with Crippen molar-refractivity contribution in [2.24, 2.45) is 10.2 Å². The molecule has 0 radical (unpaired) electrons. The maximum atomic E-state index is 6.86. The predicted molar refractivity (Wildman–Crippen MR) is 25.8 cm³/mol. The molecule has 0 aliphatic heterocycles. The maximum Gasteiger partial charge on any atom is 0.0777 e. The molecule has 0 aliphatic rings. The van der Waals surface area contributed by atoms with Gasteiger partial charge < -0.3 is 0 Å². The van der Waals surface area contributed by atoms with E-state index in [1.807, 2.05) is 0 Å². The smallest absolute Gasteiger partial charge is 0.0777 e. The summed E-state index contributed by atoms with van der Waals surface area (Å²) in [7, 11) is 1.42. The molecule has 6 heavy (non-hydrogen) atoms. The summed E-state index contributed by atoms with van der Waals surface area (Å²) < 4.78 is 13.7. The van der Waals surface area contributed by atoms with Crippen LogP contribution in [0.25, 0.3) is 0 Å². The van der Waals surface area contributed by atoms with Gasteiger partial charge in [0.25, 0.3) is 0 Å². The van der Waals surface area contributed by atoms with Gasteiger partial charge in [-0.1, -0.05) is 6.08 Å². The molecule has 0 atom stereocenters. The minimum atomic E-state index is -1.69. The molecule has 0 aromatic rings. The molecule has 0 fully saturated rings. The molecule has 0 spiro atoms. The van der Waals surface area contributed by atoms with Gasteiger partial charge in [-0.3, -0.25) is 0 Å². The zero-order chi connectivity index (χ0) is 6.62. The van der Waals surface area contributed by atoms with Gasteiger partial charge >= 0.3 is 0 Å². The van der Waals surface area contributed by atoms with Crippen LogP contribution in [-0.2, 0) is 0 Å². The molecule has 0 aromatic carbocycles. The summed E-state index contributed by atoms with van der Waals surface area (Å²) in [6, 6.07) is 0. The first-order valence-corrected chi connectivity index (χ1v) is 1.57. The van der Waals surface area contributed by atoms with E-state index < -0.39 is 6.50 Å². The Hall–Kier alpha value is -0.660. The van der Waals surface area contributed by atoms with Crippen LogP contribution in [0.15, 0.2) is 22.9 Å². The van der Waals surface area contributed by atoms with E-state index in [0.29, 0.717) is 0 Å². The molecule has 0 aromatic heterocycles. The van der Waals surface area contributed by atoms with Gasteiger partial charge in [-0.05, 0) is 0 Å². The van der Waals surface area contributed by atoms with E-state index in [1.54, 1.807) is 0 Å². The largest absolute Gasteiger partial charge is 0.197 e. The van der Waals surface area contributed by atoms with Gasteiger partial charge in [-0.15, -0.1) is 6.58 Å². The van der Waals surface area contributed by atoms with E-state index in [4.69, 9.17) is 2.74 Å². The zero-order valence-corrected chi connectivity index (χ0v) is 3.68. The van der Waals surface area contributed by atoms with E-state index in [2.05, 4.69) is 16.8 Å². The van der Waals surface area contributed by atoms with Gasteiger partial charge in [-0.25, -0.2) is 0 Å². The molecule has 2 nitrogen and oxygen atoms in total. The first-order valence-electron chi connectivity index (χ1n) is 2.57. The summed E-state index contributed by atoms with van der Waals surface area (Å²) in [5.41, 5.74) is 0. The third kappa shape index (κ3) is 3.34. The fourth-order valence-electron chi connectivity index (χ4n) is 0.0986. The minimum absolute atomic E-state index is 1.10. The lowest BCUT2D eigenvalue weighted by molar-refractivity contribution is 1.03. The van der Waals surface area contributed by atoms with Crippen molar-refractivity contribution < 1.29 is 2.74 Å². The van der Waals surface area contributed by atoms with Gasteiger partial charge in [0.15, 0.2) is 0 Å². The van der Waals surface area contributed by atoms with E-state index in [9.17, 15) is 0 Å². The van der Waals surface area contributed by atoms with Gasteiger partial charge in [-0.2, -0.15) is 10.2 Å². The lowest BCUT2D eigenvalue weighted by Crippen LogP contribution is -1.62. The maximum absolute atomic E-state index is 6.86. The van der Waals surface area contributed by atoms with Crippen molar-refractivity contribution in [3.05, 3.63) is 12.7 Å². The summed E-state index contributed by atoms with van der Waals surface area (Å²) in [5.74, 6) is 0. The second kappa shape index (κ2) is 4.34. The van der Waals surface area contributed by atoms with E-state index >= 15 is 0 Å². The van der Waals surface area contributed by atoms with Crippen molar-refractivity contribution in [1.29, 1.82) is 0 Å². The summed E-state index contributed by atoms with van der Waals surface area (Å²) in [6.45, 7) is 1.54. The third-order valence-electron chi connectivity index (χ3n) is 0.249. The monoisotopic (exact) mass is 86.1 g/mol. The molecule has 0 unspecified atom stereocenters. The molecule has 0 aliphatic carbocycles. The number of azo groups is 1. The van der Waals surface area contributed by atoms with Crippen molar-refractivity contribution in [1.82, 2.24) is 0 Å². The van der Waals surface area contributed by atoms with E-state index in [0.717, 1.165) is 6.08 Å². The van der Waals surface area contributed by atoms with Gasteiger partial charge in [0.1, 0.15) is 0 Å². The lowest BCUT2D eigenvalue weighted by atomic mass is 10.7. The Bertz CT molecular complexity index is 109. The van der Waals surface area contributed by atoms with Crippen LogP contribution in [0.3, 0.4) is 0 Å². The van der Waals surface area contributed by atoms with Crippen molar-refractivity contribution in [2.45, 2.75) is 0 Å². The Kier molecular flexibility index (Phi) is 1.81. The highest BCUT2D eigenvalue weighted by Gasteiger charge is 1.58. The number of hydrogen-bond donors (Lipinski definition) is 0. The van der Waals surface area contributed by atoms with Crippen molar-refractivity contribution >= 4 is 0 Å². The molecule has 0 saturated carbocycles. The zero-order valence-electron chi connectivity index (χ0n) is 5.68. The Morgan fingerprint density at radius 3 is 3.00 bits per heavy atom. The number of hydrogen-bond acceptors (Lipinski definition) is 2. The number of rotatable bonds is 2. The van der Waals surface area contributed by atoms with Crippen molar-refractivity contribution in [3.8, 4) is 0 Å². The van der Waals surface area contributed by atoms with Gasteiger partial charge in [0.05, 0.1) is 9.24 Å². The van der Waals surface area contributed by atoms with Crippen molar-refractivity contribution in [2.75, 3.05) is 13.5 Å². The second-order valence-electron chi connectivity index (χ2n) is 0.633. The van der Waals surface area contributed by atoms with Crippen molar-refractivity contribution in [3.63, 3.8) is 0 Å². The fourth-order valence-corrected chi connectivity index (χ4v) is 0.0986. The predicted octanol–water partition coefficient (Wildman–Crippen LogP) is 1.25. The van der Waals surface area contributed by atoms with Crippen LogP contribution in [-0.4, -0.2) is 13.5 Å². The highest BCUT2D eigenvalue weighted by atomic mass is 15.1. The molecule has 0 N–H and O–H groups in total. The standard InChI is InChI=1S/C4H8N2/c1-3-4-6-5-2/h3H,1,4H2,2H3/i4D2. The molecule has 34 valence electrons. The quantitative estimate of drug-likeness (QED) is 0.357. The third-order valence-corrected chi connectivity index (χ3v) is 0.249. The summed E-state index contributed by atoms with van der Waals surface area (Å²) in [4.78, 5) is 0. The molecule has 0 heterocycles. The summed E-state index contributed by atoms with van der Waals surface area (Å²) >= 11 is 0. The molecular weight excluding hydrogens is 76.1 g/mol. The Morgan fingerprint density at radius 1 is 2.17 bits per heavy atom. The topological polar surface area (TPSA) is 24.7 Å². The Morgan fingerprint density at radius 2 is 2.83 bits per heavy atom. The summed E-state index contributed by atoms with van der Waals surface area (Å²) in [5, 5.41) is 6.47. The molecule has 0 amide bonds. The van der Waals surface area contributed by atoms with Crippen LogP contribution in [0.4, 0.5) is 0 Å². The number of nitrogens with zero attached hydrogens (tertiary/aromatic N) is 2. The highest BCUT2D eigenvalue weighted by Crippen LogP contribution is 1.68. The van der Waals surface area contributed by atoms with E-state index in [-0.39, 0.29) is 0 Å².